The second kappa shape index (κ2) is 6.48. The molecule has 0 aliphatic carbocycles. The van der Waals surface area contributed by atoms with Crippen molar-refractivity contribution in [2.75, 3.05) is 6.61 Å². The molecule has 1 aromatic carbocycles. The first-order valence-electron chi connectivity index (χ1n) is 6.91. The molecule has 1 amide bonds. The van der Waals surface area contributed by atoms with E-state index in [0.717, 1.165) is 12.0 Å². The van der Waals surface area contributed by atoms with Crippen molar-refractivity contribution in [3.8, 4) is 5.75 Å². The summed E-state index contributed by atoms with van der Waals surface area (Å²) in [5.74, 6) is -0.442. The monoisotopic (exact) mass is 325 g/mol. The van der Waals surface area contributed by atoms with Gasteiger partial charge in [0.1, 0.15) is 11.4 Å². The van der Waals surface area contributed by atoms with E-state index in [9.17, 15) is 9.59 Å². The molecule has 2 rings (SSSR count). The van der Waals surface area contributed by atoms with E-state index in [2.05, 4.69) is 4.72 Å². The average molecular weight is 325 g/mol. The minimum absolute atomic E-state index is 0.000821. The zero-order valence-corrected chi connectivity index (χ0v) is 13.5. The van der Waals surface area contributed by atoms with Gasteiger partial charge in [-0.15, -0.1) is 0 Å². The summed E-state index contributed by atoms with van der Waals surface area (Å²) in [6, 6.07) is 4.78. The Morgan fingerprint density at radius 3 is 2.77 bits per heavy atom. The van der Waals surface area contributed by atoms with Gasteiger partial charge in [0.15, 0.2) is 0 Å². The molecule has 0 spiro atoms. The fraction of sp³-hybridized carbons (Fsp3) is 0.467. The van der Waals surface area contributed by atoms with Gasteiger partial charge in [-0.05, 0) is 51.3 Å². The van der Waals surface area contributed by atoms with Crippen LogP contribution in [-0.4, -0.2) is 29.4 Å². The van der Waals surface area contributed by atoms with Gasteiger partial charge in [0.2, 0.25) is 0 Å². The van der Waals surface area contributed by atoms with Crippen molar-refractivity contribution in [3.63, 3.8) is 0 Å². The summed E-state index contributed by atoms with van der Waals surface area (Å²) in [6.07, 6.45) is 0.229. The maximum absolute atomic E-state index is 11.7. The molecule has 0 aromatic heterocycles. The molecule has 0 saturated carbocycles. The number of fused-ring (bicyclic) bond motifs is 1. The fourth-order valence-electron chi connectivity index (χ4n) is 2.03. The number of carboxylic acid groups (broad SMARTS) is 1. The Labute approximate surface area is 133 Å². The van der Waals surface area contributed by atoms with Gasteiger partial charge in [0, 0.05) is 5.56 Å². The third-order valence-corrected chi connectivity index (χ3v) is 3.99. The minimum atomic E-state index is -0.993. The van der Waals surface area contributed by atoms with Crippen LogP contribution < -0.4 is 9.46 Å². The van der Waals surface area contributed by atoms with Crippen molar-refractivity contribution in [2.45, 2.75) is 38.0 Å². The first-order valence-corrected chi connectivity index (χ1v) is 7.79. The molecule has 1 heterocycles. The normalized spacial score (nSPS) is 17.1. The number of nitrogens with one attached hydrogen (secondary N) is 1. The lowest BCUT2D eigenvalue weighted by molar-refractivity contribution is 0.0573. The lowest BCUT2D eigenvalue weighted by Crippen LogP contribution is -2.30. The van der Waals surface area contributed by atoms with E-state index in [4.69, 9.17) is 14.6 Å². The number of aromatic carboxylic acids is 1. The molecule has 7 heteroatoms. The van der Waals surface area contributed by atoms with E-state index in [1.807, 2.05) is 0 Å². The lowest BCUT2D eigenvalue weighted by Gasteiger charge is -2.26. The van der Waals surface area contributed by atoms with Crippen LogP contribution in [0.15, 0.2) is 18.2 Å². The Bertz CT molecular complexity index is 582. The number of carboxylic acids is 1. The summed E-state index contributed by atoms with van der Waals surface area (Å²) in [5, 5.41) is 9.00. The van der Waals surface area contributed by atoms with E-state index in [-0.39, 0.29) is 10.8 Å². The van der Waals surface area contributed by atoms with Gasteiger partial charge < -0.3 is 14.6 Å². The molecule has 0 saturated heterocycles. The smallest absolute Gasteiger partial charge is 0.417 e. The van der Waals surface area contributed by atoms with Crippen molar-refractivity contribution >= 4 is 24.0 Å². The number of rotatable bonds is 3. The van der Waals surface area contributed by atoms with Crippen molar-refractivity contribution in [1.29, 1.82) is 0 Å². The van der Waals surface area contributed by atoms with Gasteiger partial charge >= 0.3 is 12.1 Å². The molecule has 1 aliphatic rings. The van der Waals surface area contributed by atoms with E-state index < -0.39 is 17.7 Å². The number of benzene rings is 1. The first-order chi connectivity index (χ1) is 10.3. The Hall–Kier alpha value is -1.89. The maximum atomic E-state index is 11.7. The highest BCUT2D eigenvalue weighted by Gasteiger charge is 2.25. The van der Waals surface area contributed by atoms with E-state index in [1.54, 1.807) is 26.8 Å². The predicted molar refractivity (Wildman–Crippen MR) is 83.2 cm³/mol. The number of ether oxygens (including phenoxy) is 2. The molecule has 0 bridgehead atoms. The van der Waals surface area contributed by atoms with Crippen LogP contribution in [-0.2, 0) is 4.74 Å². The van der Waals surface area contributed by atoms with Gasteiger partial charge in [-0.3, -0.25) is 4.72 Å². The minimum Gasteiger partial charge on any atom is -0.493 e. The quantitative estimate of drug-likeness (QED) is 0.829. The summed E-state index contributed by atoms with van der Waals surface area (Å²) in [5.41, 5.74) is 0.510. The van der Waals surface area contributed by atoms with Crippen LogP contribution in [0.3, 0.4) is 0 Å². The Balaban J connectivity index is 2.03. The molecule has 1 aliphatic heterocycles. The number of carbonyl (C=O) groups is 2. The van der Waals surface area contributed by atoms with Crippen molar-refractivity contribution < 1.29 is 24.2 Å². The second-order valence-electron chi connectivity index (χ2n) is 5.91. The van der Waals surface area contributed by atoms with E-state index in [1.165, 1.54) is 24.1 Å². The highest BCUT2D eigenvalue weighted by atomic mass is 32.2. The van der Waals surface area contributed by atoms with Crippen LogP contribution in [0, 0.1) is 0 Å². The summed E-state index contributed by atoms with van der Waals surface area (Å²) < 4.78 is 13.4. The van der Waals surface area contributed by atoms with Crippen LogP contribution in [0.4, 0.5) is 4.79 Å². The third-order valence-electron chi connectivity index (χ3n) is 2.93. The van der Waals surface area contributed by atoms with E-state index in [0.29, 0.717) is 12.4 Å². The molecule has 0 radical (unpaired) electrons. The van der Waals surface area contributed by atoms with Crippen LogP contribution in [0.2, 0.25) is 0 Å². The SMILES string of the molecule is CC(C)(C)OC(=O)NS[C@H]1CCOc2cc(C(=O)O)ccc21. The molecule has 6 nitrogen and oxygen atoms in total. The molecule has 2 N–H and O–H groups in total. The molecule has 120 valence electrons. The predicted octanol–water partition coefficient (Wildman–Crippen LogP) is 3.38. The molecule has 1 aromatic rings. The van der Waals surface area contributed by atoms with Crippen molar-refractivity contribution in [1.82, 2.24) is 4.72 Å². The van der Waals surface area contributed by atoms with Crippen molar-refractivity contribution in [3.05, 3.63) is 29.3 Å². The zero-order chi connectivity index (χ0) is 16.3. The Kier molecular flexibility index (Phi) is 4.85. The van der Waals surface area contributed by atoms with Crippen LogP contribution in [0.5, 0.6) is 5.75 Å². The van der Waals surface area contributed by atoms with Gasteiger partial charge in [-0.2, -0.15) is 0 Å². The Morgan fingerprint density at radius 2 is 2.14 bits per heavy atom. The fourth-order valence-corrected chi connectivity index (χ4v) is 2.85. The number of hydrogen-bond acceptors (Lipinski definition) is 5. The summed E-state index contributed by atoms with van der Waals surface area (Å²) in [7, 11) is 0. The highest BCUT2D eigenvalue weighted by molar-refractivity contribution is 7.98. The van der Waals surface area contributed by atoms with Gasteiger partial charge in [0.25, 0.3) is 0 Å². The summed E-state index contributed by atoms with van der Waals surface area (Å²) >= 11 is 1.25. The van der Waals surface area contributed by atoms with Crippen LogP contribution in [0.25, 0.3) is 0 Å². The number of amides is 1. The summed E-state index contributed by atoms with van der Waals surface area (Å²) in [4.78, 5) is 22.7. The Morgan fingerprint density at radius 1 is 1.41 bits per heavy atom. The number of hydrogen-bond donors (Lipinski definition) is 2. The second-order valence-corrected chi connectivity index (χ2v) is 6.91. The lowest BCUT2D eigenvalue weighted by atomic mass is 10.0. The molecular formula is C15H19NO5S. The number of carbonyl (C=O) groups excluding carboxylic acids is 1. The standard InChI is InChI=1S/C15H19NO5S/c1-15(2,3)21-14(19)16-22-12-6-7-20-11-8-9(13(17)18)4-5-10(11)12/h4-5,8,12H,6-7H2,1-3H3,(H,16,19)(H,17,18)/t12-/m0/s1. The van der Waals surface area contributed by atoms with Gasteiger partial charge in [0.05, 0.1) is 17.4 Å². The van der Waals surface area contributed by atoms with Gasteiger partial charge in [-0.25, -0.2) is 9.59 Å². The largest absolute Gasteiger partial charge is 0.493 e. The summed E-state index contributed by atoms with van der Waals surface area (Å²) in [6.45, 7) is 5.88. The average Bonchev–Trinajstić information content (AvgIpc) is 2.42. The maximum Gasteiger partial charge on any atom is 0.417 e. The molecular weight excluding hydrogens is 306 g/mol. The molecule has 22 heavy (non-hydrogen) atoms. The van der Waals surface area contributed by atoms with E-state index >= 15 is 0 Å². The highest BCUT2D eigenvalue weighted by Crippen LogP contribution is 2.40. The molecule has 0 fully saturated rings. The zero-order valence-electron chi connectivity index (χ0n) is 12.7. The molecule has 0 unspecified atom stereocenters. The van der Waals surface area contributed by atoms with Crippen LogP contribution >= 0.6 is 11.9 Å². The topological polar surface area (TPSA) is 84.9 Å². The molecule has 1 atom stereocenters. The van der Waals surface area contributed by atoms with Crippen LogP contribution in [0.1, 0.15) is 48.4 Å². The third kappa shape index (κ3) is 4.30. The first kappa shape index (κ1) is 16.5. The van der Waals surface area contributed by atoms with Crippen molar-refractivity contribution in [2.24, 2.45) is 0 Å². The van der Waals surface area contributed by atoms with Gasteiger partial charge in [-0.1, -0.05) is 6.07 Å².